The molecule has 39 heteroatoms. The average Bonchev–Trinajstić information content (AvgIpc) is 1.58. The third-order valence-corrected chi connectivity index (χ3v) is 34.4. The molecule has 5 aromatic rings. The van der Waals surface area contributed by atoms with Crippen LogP contribution in [0.25, 0.3) is 22.3 Å². The van der Waals surface area contributed by atoms with Gasteiger partial charge in [-0.05, 0) is 193 Å². The highest BCUT2D eigenvalue weighted by Crippen LogP contribution is 2.55. The second-order valence-electron chi connectivity index (χ2n) is 34.3. The van der Waals surface area contributed by atoms with Crippen molar-refractivity contribution >= 4 is 179 Å². The van der Waals surface area contributed by atoms with Crippen molar-refractivity contribution < 1.29 is 90.0 Å². The van der Waals surface area contributed by atoms with Gasteiger partial charge in [-0.3, -0.25) is 18.1 Å². The van der Waals surface area contributed by atoms with Crippen molar-refractivity contribution in [1.82, 2.24) is 39.0 Å². The molecule has 119 heavy (non-hydrogen) atoms. The lowest BCUT2D eigenvalue weighted by atomic mass is 10.1. The Morgan fingerprint density at radius 2 is 0.966 bits per heavy atom. The van der Waals surface area contributed by atoms with Gasteiger partial charge in [-0.25, -0.2) is 15.0 Å². The maximum Gasteiger partial charge on any atom is 0.303 e. The zero-order chi connectivity index (χ0) is 86.0. The Balaban J connectivity index is 0.000000124. The van der Waals surface area contributed by atoms with Crippen molar-refractivity contribution in [2.75, 3.05) is 34.9 Å². The first kappa shape index (κ1) is 95.1. The van der Waals surface area contributed by atoms with Crippen LogP contribution in [0.15, 0.2) is 36.9 Å². The summed E-state index contributed by atoms with van der Waals surface area (Å²) in [6, 6.07) is 8.31. The van der Waals surface area contributed by atoms with Crippen molar-refractivity contribution in [2.24, 2.45) is 0 Å². The summed E-state index contributed by atoms with van der Waals surface area (Å²) in [4.78, 5) is 47.8. The number of esters is 1. The second kappa shape index (κ2) is 38.7. The number of aromatic nitrogens is 8. The van der Waals surface area contributed by atoms with Crippen LogP contribution in [0, 0.1) is 3.57 Å². The summed E-state index contributed by atoms with van der Waals surface area (Å²) in [6.07, 6.45) is 10.6. The Morgan fingerprint density at radius 1 is 0.538 bits per heavy atom. The van der Waals surface area contributed by atoms with Crippen LogP contribution >= 0.6 is 128 Å². The molecule has 25 atom stereocenters. The molecule has 0 radical (unpaired) electrons. The van der Waals surface area contributed by atoms with Gasteiger partial charge in [0.05, 0.1) is 71.3 Å². The Labute approximate surface area is 754 Å². The highest BCUT2D eigenvalue weighted by molar-refractivity contribution is 14.1. The Morgan fingerprint density at radius 3 is 1.48 bits per heavy atom. The number of anilines is 1. The van der Waals surface area contributed by atoms with E-state index >= 15 is 0 Å². The topological polar surface area (TPSA) is 309 Å². The Hall–Kier alpha value is -1.49. The van der Waals surface area contributed by atoms with Gasteiger partial charge >= 0.3 is 5.97 Å². The number of carbonyl (C=O) groups excluding carboxylic acids is 2. The molecule has 2 N–H and O–H groups in total. The van der Waals surface area contributed by atoms with Gasteiger partial charge in [-0.15, -0.1) is 47.0 Å². The summed E-state index contributed by atoms with van der Waals surface area (Å²) in [5, 5.41) is 15.0. The molecule has 0 aliphatic carbocycles. The summed E-state index contributed by atoms with van der Waals surface area (Å²) >= 11 is 31.3. The van der Waals surface area contributed by atoms with E-state index in [0.29, 0.717) is 73.7 Å². The number of imidazole rings is 2. The van der Waals surface area contributed by atoms with Crippen LogP contribution in [0.1, 0.15) is 187 Å². The fraction of sp³-hybridized carbons (Fsp3) is 0.775. The minimum absolute atomic E-state index is 0.0104. The van der Waals surface area contributed by atoms with Gasteiger partial charge in [0, 0.05) is 66.1 Å². The number of ether oxygens (including phenoxy) is 15. The quantitative estimate of drug-likeness (QED) is 0.0364. The molecule has 25 unspecified atom stereocenters. The van der Waals surface area contributed by atoms with Crippen LogP contribution in [0.5, 0.6) is 0 Å². The molecule has 4 aromatic heterocycles. The monoisotopic (exact) mass is 1960 g/mol. The van der Waals surface area contributed by atoms with E-state index in [1.54, 1.807) is 41.6 Å². The number of carbonyl (C=O) groups is 2. The lowest BCUT2D eigenvalue weighted by Gasteiger charge is -2.23. The smallest absolute Gasteiger partial charge is 0.303 e. The number of aldehydes is 1. The fourth-order valence-corrected chi connectivity index (χ4v) is 28.6. The fourth-order valence-electron chi connectivity index (χ4n) is 17.3. The van der Waals surface area contributed by atoms with Gasteiger partial charge in [0.2, 0.25) is 10.6 Å². The number of benzene rings is 1. The summed E-state index contributed by atoms with van der Waals surface area (Å²) in [7, 11) is -0.753. The molecule has 18 heterocycles. The van der Waals surface area contributed by atoms with Gasteiger partial charge in [0.15, 0.2) is 73.7 Å². The number of hydrogen-bond donors (Lipinski definition) is 2. The molecular weight excluding hydrogens is 1850 g/mol. The summed E-state index contributed by atoms with van der Waals surface area (Å²) in [5.41, 5.74) is 3.50. The predicted molar refractivity (Wildman–Crippen MR) is 477 cm³/mol. The first-order valence-electron chi connectivity index (χ1n) is 40.9. The highest BCUT2D eigenvalue weighted by atomic mass is 127. The number of nitrogens with zero attached hydrogens (tertiary/aromatic N) is 8. The lowest BCUT2D eigenvalue weighted by molar-refractivity contribution is -0.162. The highest BCUT2D eigenvalue weighted by Gasteiger charge is 2.60. The molecule has 19 rings (SSSR count). The molecule has 1 aromatic carbocycles. The number of nitrogens with one attached hydrogen (secondary N) is 1. The normalized spacial score (nSPS) is 37.5. The minimum Gasteiger partial charge on any atom is -0.449 e. The largest absolute Gasteiger partial charge is 0.449 e. The number of aliphatic hydroxyl groups excluding tert-OH is 1. The van der Waals surface area contributed by atoms with Crippen LogP contribution in [0.3, 0.4) is 0 Å². The molecule has 14 saturated heterocycles. The van der Waals surface area contributed by atoms with Crippen LogP contribution < -0.4 is 5.32 Å². The number of thioether (sulfide) groups is 6. The third kappa shape index (κ3) is 22.2. The van der Waals surface area contributed by atoms with Crippen LogP contribution in [0.4, 0.5) is 5.82 Å². The second-order valence-corrected chi connectivity index (χ2v) is 46.1. The number of hydrogen-bond acceptors (Lipinski definition) is 32. The van der Waals surface area contributed by atoms with E-state index in [2.05, 4.69) is 115 Å². The van der Waals surface area contributed by atoms with Crippen LogP contribution in [-0.4, -0.2) is 258 Å². The Kier molecular flexibility index (Phi) is 30.9. The number of halogens is 4. The zero-order valence-corrected chi connectivity index (χ0v) is 81.1. The van der Waals surface area contributed by atoms with Crippen LogP contribution in [0.2, 0.25) is 15.7 Å². The van der Waals surface area contributed by atoms with E-state index in [4.69, 9.17) is 111 Å². The molecule has 14 aliphatic heterocycles. The molecule has 0 bridgehead atoms. The third-order valence-electron chi connectivity index (χ3n) is 22.0. The SMILES string of the molecule is CC1(C)OC2CSC(C=O)C2O1.CC1(C)OC2CSC(CO)C2O1.CCC1C2OC(C)(C)OC2CS1=O.CCC1SC(OC(C)=O)C2OC(C)(C)OC12.CCC1SC(n2cnc3c(Cl)nc(Cl)nc32)C2OC(C)(C)OC12.CCC1SC(n2cnc3c(NCc4cccc(I)c4)nc(Cl)nc32)C2OC(C)(C)OC12.CCC1SCC2OC(C)(C)OC21. The first-order chi connectivity index (χ1) is 56.1. The van der Waals surface area contributed by atoms with Crippen molar-refractivity contribution in [3.63, 3.8) is 0 Å². The van der Waals surface area contributed by atoms with Gasteiger partial charge in [0.1, 0.15) is 77.5 Å². The van der Waals surface area contributed by atoms with Gasteiger partial charge in [0.25, 0.3) is 0 Å². The summed E-state index contributed by atoms with van der Waals surface area (Å²) < 4.78 is 104. The van der Waals surface area contributed by atoms with E-state index in [1.807, 2.05) is 149 Å². The van der Waals surface area contributed by atoms with Crippen molar-refractivity contribution in [3.8, 4) is 0 Å². The van der Waals surface area contributed by atoms with E-state index in [-0.39, 0.29) is 139 Å². The summed E-state index contributed by atoms with van der Waals surface area (Å²) in [5.74, 6) is 0.411. The minimum atomic E-state index is -0.753. The average molecular weight is 1960 g/mol. The van der Waals surface area contributed by atoms with E-state index in [9.17, 15) is 13.8 Å². The van der Waals surface area contributed by atoms with Crippen LogP contribution in [-0.2, 0) is 98.0 Å². The molecule has 14 fully saturated rings. The van der Waals surface area contributed by atoms with E-state index in [1.165, 1.54) is 16.9 Å². The predicted octanol–water partition coefficient (Wildman–Crippen LogP) is 15.4. The van der Waals surface area contributed by atoms with Gasteiger partial charge in [-0.1, -0.05) is 58.4 Å². The molecule has 28 nitrogen and oxygen atoms in total. The lowest BCUT2D eigenvalue weighted by Crippen LogP contribution is -2.31. The molecular formula is C80H115Cl3IN9O19S7. The molecule has 14 aliphatic rings. The molecule has 664 valence electrons. The number of fused-ring (bicyclic) bond motifs is 9. The molecule has 0 spiro atoms. The Bertz CT molecular complexity index is 4340. The number of aliphatic hydroxyl groups is 1. The van der Waals surface area contributed by atoms with Crippen molar-refractivity contribution in [3.05, 3.63) is 61.8 Å². The zero-order valence-electron chi connectivity index (χ0n) is 70.9. The van der Waals surface area contributed by atoms with Gasteiger partial charge in [-0.2, -0.15) is 38.5 Å². The van der Waals surface area contributed by atoms with Crippen molar-refractivity contribution in [1.29, 1.82) is 0 Å². The molecule has 0 amide bonds. The maximum atomic E-state index is 11.6. The maximum absolute atomic E-state index is 11.6. The standard InChI is InChI=1S/C21H23ClIN5O2S.C14H16Cl2N4O2S.C11H18O4S.C9H16O3S.C9H16O2S.C8H14O3S.C8H12O3S/c1-4-13-15-16(30-21(2,3)29-15)19(31-13)28-10-25-14-17(26-20(22)27-18(14)28)24-9-11-6-5-7-12(23)8-11;1-4-6-8-9(22-14(2,3)21-8)12(23-6)20-5-17-7-10(15)18-13(16)19-11(7)20;1-5-7-8-9(15-11(3,4)14-8)10(16-7)13-6(2)12;1-4-7-8-6(5-13(7)10)11-9(2,3)12-8;1-4-7-8-6(5-12-7)10-9(2,3)11-8;2*1-8(2)10-5-4-12-6(3-9)7(5)11-8/h5-8,10,13,15-16,19H,4,9H2,1-3H3,(H,24,26,27);5-6,8-9,12H,4H2,1-3H3;7-10H,5H2,1-4H3;6-8H,4-5H2,1-3H3;6-8H,4-5H2,1-3H3;5-7,9H,3-4H2,1-2H3;3,5-7H,4H2,1-2H3. The first-order valence-corrected chi connectivity index (χ1v) is 50.5. The van der Waals surface area contributed by atoms with Gasteiger partial charge < -0.3 is 86.3 Å². The van der Waals surface area contributed by atoms with E-state index in [0.717, 1.165) is 54.8 Å². The summed E-state index contributed by atoms with van der Waals surface area (Å²) in [6.45, 7) is 40.0. The molecule has 0 saturated carbocycles. The number of rotatable bonds is 13. The van der Waals surface area contributed by atoms with E-state index < -0.39 is 45.5 Å². The van der Waals surface area contributed by atoms with Crippen molar-refractivity contribution in [2.45, 2.75) is 356 Å².